The molecule has 2 aromatic rings. The van der Waals surface area contributed by atoms with E-state index in [0.29, 0.717) is 0 Å². The normalized spacial score (nSPS) is 13.4. The molecule has 0 aromatic carbocycles. The molecule has 0 aliphatic carbocycles. The van der Waals surface area contributed by atoms with Gasteiger partial charge in [0, 0.05) is 0 Å². The third kappa shape index (κ3) is 2.77. The van der Waals surface area contributed by atoms with E-state index in [1.807, 2.05) is 0 Å². The molecule has 0 amide bonds. The van der Waals surface area contributed by atoms with E-state index in [1.165, 1.54) is 6.92 Å². The first kappa shape index (κ1) is 14.4. The van der Waals surface area contributed by atoms with E-state index in [0.717, 1.165) is 16.8 Å². The third-order valence-electron chi connectivity index (χ3n) is 2.45. The van der Waals surface area contributed by atoms with Crippen LogP contribution in [-0.4, -0.2) is 31.7 Å². The fourth-order valence-electron chi connectivity index (χ4n) is 1.44. The summed E-state index contributed by atoms with van der Waals surface area (Å²) in [5.41, 5.74) is -1.13. The zero-order chi connectivity index (χ0) is 15.1. The smallest absolute Gasteiger partial charge is 0.418 e. The van der Waals surface area contributed by atoms with Crippen molar-refractivity contribution in [1.82, 2.24) is 14.6 Å². The Morgan fingerprint density at radius 3 is 2.75 bits per heavy atom. The highest BCUT2D eigenvalue weighted by atomic mass is 35.5. The molecule has 20 heavy (non-hydrogen) atoms. The zero-order valence-electron chi connectivity index (χ0n) is 9.94. The van der Waals surface area contributed by atoms with Crippen molar-refractivity contribution in [2.75, 3.05) is 5.32 Å². The van der Waals surface area contributed by atoms with Crippen molar-refractivity contribution in [1.29, 1.82) is 0 Å². The average molecular weight is 309 g/mol. The quantitative estimate of drug-likeness (QED) is 0.909. The highest BCUT2D eigenvalue weighted by Crippen LogP contribution is 2.35. The summed E-state index contributed by atoms with van der Waals surface area (Å²) in [6.07, 6.45) is -3.64. The van der Waals surface area contributed by atoms with Crippen LogP contribution in [0.3, 0.4) is 0 Å². The lowest BCUT2D eigenvalue weighted by Gasteiger charge is -2.07. The van der Waals surface area contributed by atoms with Gasteiger partial charge in [-0.15, -0.1) is 5.10 Å². The Morgan fingerprint density at radius 2 is 2.20 bits per heavy atom. The van der Waals surface area contributed by atoms with Crippen molar-refractivity contribution in [3.8, 4) is 0 Å². The van der Waals surface area contributed by atoms with E-state index < -0.39 is 28.8 Å². The number of rotatable bonds is 3. The maximum Gasteiger partial charge on any atom is 0.418 e. The maximum atomic E-state index is 12.7. The van der Waals surface area contributed by atoms with E-state index in [4.69, 9.17) is 16.7 Å². The van der Waals surface area contributed by atoms with Crippen LogP contribution in [0.4, 0.5) is 19.1 Å². The van der Waals surface area contributed by atoms with Crippen LogP contribution < -0.4 is 5.32 Å². The third-order valence-corrected chi connectivity index (χ3v) is 2.75. The van der Waals surface area contributed by atoms with Gasteiger partial charge in [0.2, 0.25) is 5.95 Å². The second-order valence-corrected chi connectivity index (χ2v) is 4.38. The van der Waals surface area contributed by atoms with Crippen LogP contribution in [0.2, 0.25) is 5.02 Å². The number of fused-ring (bicyclic) bond motifs is 1. The number of carbonyl (C=O) groups is 1. The fraction of sp³-hybridized carbons (Fsp3) is 0.300. The van der Waals surface area contributed by atoms with E-state index in [-0.39, 0.29) is 11.6 Å². The molecule has 6 nitrogen and oxygen atoms in total. The molecule has 0 aliphatic rings. The van der Waals surface area contributed by atoms with E-state index in [1.54, 1.807) is 0 Å². The van der Waals surface area contributed by atoms with Gasteiger partial charge in [0.15, 0.2) is 5.65 Å². The first-order valence-electron chi connectivity index (χ1n) is 5.31. The molecule has 0 spiro atoms. The largest absolute Gasteiger partial charge is 0.480 e. The number of nitrogens with one attached hydrogen (secondary N) is 1. The molecule has 2 aromatic heterocycles. The molecule has 0 saturated heterocycles. The lowest BCUT2D eigenvalue weighted by atomic mass is 10.2. The molecule has 108 valence electrons. The van der Waals surface area contributed by atoms with Gasteiger partial charge >= 0.3 is 12.1 Å². The summed E-state index contributed by atoms with van der Waals surface area (Å²) in [6, 6.07) is -0.239. The maximum absolute atomic E-state index is 12.7. The Bertz CT molecular complexity index is 670. The number of halogens is 4. The summed E-state index contributed by atoms with van der Waals surface area (Å²) in [5, 5.41) is 14.4. The lowest BCUT2D eigenvalue weighted by molar-refractivity contribution is -0.138. The van der Waals surface area contributed by atoms with Crippen molar-refractivity contribution < 1.29 is 23.1 Å². The summed E-state index contributed by atoms with van der Waals surface area (Å²) >= 11 is 5.53. The van der Waals surface area contributed by atoms with Crippen molar-refractivity contribution in [2.24, 2.45) is 0 Å². The molecule has 1 unspecified atom stereocenters. The summed E-state index contributed by atoms with van der Waals surface area (Å²) in [4.78, 5) is 14.4. The molecular weight excluding hydrogens is 301 g/mol. The minimum absolute atomic E-state index is 0.0955. The number of aromatic nitrogens is 3. The predicted molar refractivity (Wildman–Crippen MR) is 63.7 cm³/mol. The monoisotopic (exact) mass is 308 g/mol. The van der Waals surface area contributed by atoms with Gasteiger partial charge < -0.3 is 10.4 Å². The molecule has 1 atom stereocenters. The van der Waals surface area contributed by atoms with Gasteiger partial charge in [0.1, 0.15) is 6.04 Å². The molecule has 0 bridgehead atoms. The second-order valence-electron chi connectivity index (χ2n) is 3.98. The van der Waals surface area contributed by atoms with Crippen LogP contribution >= 0.6 is 11.6 Å². The van der Waals surface area contributed by atoms with Crippen LogP contribution in [0.25, 0.3) is 5.65 Å². The molecule has 2 heterocycles. The fourth-order valence-corrected chi connectivity index (χ4v) is 1.69. The number of anilines is 1. The number of nitrogens with zero attached hydrogens (tertiary/aromatic N) is 3. The number of aliphatic carboxylic acids is 1. The van der Waals surface area contributed by atoms with E-state index in [9.17, 15) is 18.0 Å². The topological polar surface area (TPSA) is 79.5 Å². The molecule has 2 rings (SSSR count). The van der Waals surface area contributed by atoms with Gasteiger partial charge in [-0.25, -0.2) is 4.52 Å². The minimum Gasteiger partial charge on any atom is -0.480 e. The van der Waals surface area contributed by atoms with Crippen molar-refractivity contribution >= 4 is 29.2 Å². The average Bonchev–Trinajstić information content (AvgIpc) is 2.67. The number of pyridine rings is 1. The molecule has 10 heteroatoms. The summed E-state index contributed by atoms with van der Waals surface area (Å²) in [5.74, 6) is -1.24. The Balaban J connectivity index is 2.42. The lowest BCUT2D eigenvalue weighted by Crippen LogP contribution is -2.25. The molecular formula is C10H8ClF3N4O2. The predicted octanol–water partition coefficient (Wildman–Crippen LogP) is 2.29. The van der Waals surface area contributed by atoms with Gasteiger partial charge in [0.05, 0.1) is 16.8 Å². The van der Waals surface area contributed by atoms with Gasteiger partial charge in [-0.2, -0.15) is 18.2 Å². The summed E-state index contributed by atoms with van der Waals surface area (Å²) in [6.45, 7) is 1.35. The second kappa shape index (κ2) is 4.82. The van der Waals surface area contributed by atoms with Crippen LogP contribution in [-0.2, 0) is 11.0 Å². The van der Waals surface area contributed by atoms with E-state index in [2.05, 4.69) is 15.4 Å². The van der Waals surface area contributed by atoms with Crippen LogP contribution in [0.15, 0.2) is 12.3 Å². The summed E-state index contributed by atoms with van der Waals surface area (Å²) < 4.78 is 39.0. The molecule has 2 N–H and O–H groups in total. The van der Waals surface area contributed by atoms with Gasteiger partial charge in [-0.3, -0.25) is 4.79 Å². The molecule has 0 saturated carbocycles. The molecule has 0 radical (unpaired) electrons. The Kier molecular flexibility index (Phi) is 3.46. The zero-order valence-corrected chi connectivity index (χ0v) is 10.7. The van der Waals surface area contributed by atoms with E-state index >= 15 is 0 Å². The Morgan fingerprint density at radius 1 is 1.55 bits per heavy atom. The van der Waals surface area contributed by atoms with Crippen LogP contribution in [0.5, 0.6) is 0 Å². The first-order chi connectivity index (χ1) is 9.18. The van der Waals surface area contributed by atoms with Crippen molar-refractivity contribution in [3.63, 3.8) is 0 Å². The van der Waals surface area contributed by atoms with Gasteiger partial charge in [-0.1, -0.05) is 11.6 Å². The summed E-state index contributed by atoms with van der Waals surface area (Å²) in [7, 11) is 0. The number of hydrogen-bond donors (Lipinski definition) is 2. The standard InChI is InChI=1S/C10H8ClF3N4O2/c1-4(8(19)20)15-9-16-7-2-5(10(12,13)14)6(11)3-18(7)17-9/h2-4H,1H3,(H,15,17)(H,19,20). The molecule has 0 aliphatic heterocycles. The van der Waals surface area contributed by atoms with Crippen LogP contribution in [0.1, 0.15) is 12.5 Å². The minimum atomic E-state index is -4.60. The number of carboxylic acids is 1. The highest BCUT2D eigenvalue weighted by molar-refractivity contribution is 6.31. The van der Waals surface area contributed by atoms with Gasteiger partial charge in [-0.05, 0) is 13.0 Å². The number of hydrogen-bond acceptors (Lipinski definition) is 4. The Labute approximate surface area is 115 Å². The van der Waals surface area contributed by atoms with Crippen molar-refractivity contribution in [3.05, 3.63) is 22.8 Å². The molecule has 0 fully saturated rings. The first-order valence-corrected chi connectivity index (χ1v) is 5.68. The highest BCUT2D eigenvalue weighted by Gasteiger charge is 2.34. The number of alkyl halides is 3. The Hall–Kier alpha value is -2.03. The van der Waals surface area contributed by atoms with Gasteiger partial charge in [0.25, 0.3) is 0 Å². The number of carboxylic acid groups (broad SMARTS) is 1. The van der Waals surface area contributed by atoms with Crippen molar-refractivity contribution in [2.45, 2.75) is 19.1 Å². The van der Waals surface area contributed by atoms with Crippen LogP contribution in [0, 0.1) is 0 Å². The SMILES string of the molecule is CC(Nc1nc2cc(C(F)(F)F)c(Cl)cn2n1)C(=O)O.